The van der Waals surface area contributed by atoms with E-state index < -0.39 is 11.6 Å². The molecule has 0 aliphatic carbocycles. The van der Waals surface area contributed by atoms with E-state index in [1.807, 2.05) is 0 Å². The fourth-order valence-corrected chi connectivity index (χ4v) is 3.74. The Morgan fingerprint density at radius 2 is 2.05 bits per heavy atom. The maximum atomic E-state index is 13.9. The Bertz CT molecular complexity index is 564. The lowest BCUT2D eigenvalue weighted by Gasteiger charge is -2.35. The number of amides is 1. The Morgan fingerprint density at radius 1 is 1.23 bits per heavy atom. The summed E-state index contributed by atoms with van der Waals surface area (Å²) >= 11 is 0. The standard InChI is InChI=1S/C17H22F2N2O/c1-2-7-20-9-12-3-5-14(20)11-21(10-12)17(22)15-6-4-13(18)8-16(15)19/h4,6,8,12,14H,2-3,5,7,9-11H2,1H3/t12-,14-/m1/s1. The van der Waals surface area contributed by atoms with Crippen LogP contribution in [0, 0.1) is 17.6 Å². The SMILES string of the molecule is CCCN1C[C@H]2CC[C@@H]1CN(C(=O)c1ccc(F)cc1F)C2. The second kappa shape index (κ2) is 6.32. The summed E-state index contributed by atoms with van der Waals surface area (Å²) in [5.74, 6) is -1.28. The highest BCUT2D eigenvalue weighted by molar-refractivity contribution is 5.94. The van der Waals surface area contributed by atoms with Crippen molar-refractivity contribution in [2.45, 2.75) is 32.2 Å². The van der Waals surface area contributed by atoms with Gasteiger partial charge in [0.05, 0.1) is 5.56 Å². The number of piperidine rings is 1. The predicted octanol–water partition coefficient (Wildman–Crippen LogP) is 2.91. The van der Waals surface area contributed by atoms with Crippen LogP contribution in [-0.4, -0.2) is 47.9 Å². The van der Waals surface area contributed by atoms with E-state index in [1.165, 1.54) is 6.07 Å². The Morgan fingerprint density at radius 3 is 2.77 bits per heavy atom. The topological polar surface area (TPSA) is 23.6 Å². The molecule has 2 atom stereocenters. The van der Waals surface area contributed by atoms with Gasteiger partial charge in [0.15, 0.2) is 0 Å². The first-order valence-corrected chi connectivity index (χ1v) is 8.07. The molecule has 1 aromatic carbocycles. The zero-order chi connectivity index (χ0) is 15.7. The van der Waals surface area contributed by atoms with E-state index in [2.05, 4.69) is 11.8 Å². The van der Waals surface area contributed by atoms with Crippen LogP contribution < -0.4 is 0 Å². The number of fused-ring (bicyclic) bond motifs is 4. The summed E-state index contributed by atoms with van der Waals surface area (Å²) < 4.78 is 26.9. The lowest BCUT2D eigenvalue weighted by atomic mass is 9.95. The van der Waals surface area contributed by atoms with Crippen molar-refractivity contribution in [1.29, 1.82) is 0 Å². The van der Waals surface area contributed by atoms with Gasteiger partial charge in [0.1, 0.15) is 11.6 Å². The molecule has 3 fully saturated rings. The Labute approximate surface area is 129 Å². The number of carbonyl (C=O) groups excluding carboxylic acids is 1. The van der Waals surface area contributed by atoms with Gasteiger partial charge >= 0.3 is 0 Å². The van der Waals surface area contributed by atoms with E-state index in [4.69, 9.17) is 0 Å². The number of rotatable bonds is 3. The van der Waals surface area contributed by atoms with Gasteiger partial charge in [0.2, 0.25) is 0 Å². The Balaban J connectivity index is 1.79. The quantitative estimate of drug-likeness (QED) is 0.857. The van der Waals surface area contributed by atoms with Crippen LogP contribution in [0.5, 0.6) is 0 Å². The second-order valence-electron chi connectivity index (χ2n) is 6.43. The zero-order valence-electron chi connectivity index (χ0n) is 12.9. The third kappa shape index (κ3) is 3.00. The van der Waals surface area contributed by atoms with Crippen molar-refractivity contribution in [2.24, 2.45) is 5.92 Å². The largest absolute Gasteiger partial charge is 0.337 e. The summed E-state index contributed by atoms with van der Waals surface area (Å²) in [5.41, 5.74) is -0.0234. The van der Waals surface area contributed by atoms with Gasteiger partial charge in [-0.2, -0.15) is 0 Å². The first kappa shape index (κ1) is 15.4. The fraction of sp³-hybridized carbons (Fsp3) is 0.588. The van der Waals surface area contributed by atoms with Crippen LogP contribution in [0.4, 0.5) is 8.78 Å². The molecule has 3 aliphatic heterocycles. The first-order valence-electron chi connectivity index (χ1n) is 8.07. The molecule has 5 heteroatoms. The van der Waals surface area contributed by atoms with Crippen molar-refractivity contribution < 1.29 is 13.6 Å². The predicted molar refractivity (Wildman–Crippen MR) is 80.6 cm³/mol. The third-order valence-corrected chi connectivity index (χ3v) is 4.79. The monoisotopic (exact) mass is 308 g/mol. The maximum absolute atomic E-state index is 13.9. The minimum Gasteiger partial charge on any atom is -0.337 e. The van der Waals surface area contributed by atoms with Gasteiger partial charge in [-0.15, -0.1) is 0 Å². The molecule has 2 bridgehead atoms. The van der Waals surface area contributed by atoms with Crippen LogP contribution in [-0.2, 0) is 0 Å². The van der Waals surface area contributed by atoms with E-state index in [9.17, 15) is 13.6 Å². The van der Waals surface area contributed by atoms with E-state index >= 15 is 0 Å². The molecule has 3 nitrogen and oxygen atoms in total. The van der Waals surface area contributed by atoms with E-state index in [-0.39, 0.29) is 11.5 Å². The number of halogens is 2. The second-order valence-corrected chi connectivity index (χ2v) is 6.43. The summed E-state index contributed by atoms with van der Waals surface area (Å²) in [7, 11) is 0. The van der Waals surface area contributed by atoms with Crippen molar-refractivity contribution in [1.82, 2.24) is 9.80 Å². The lowest BCUT2D eigenvalue weighted by molar-refractivity contribution is 0.0733. The third-order valence-electron chi connectivity index (χ3n) is 4.79. The molecule has 22 heavy (non-hydrogen) atoms. The molecule has 3 aliphatic rings. The van der Waals surface area contributed by atoms with Crippen LogP contribution in [0.3, 0.4) is 0 Å². The molecule has 0 saturated carbocycles. The molecule has 120 valence electrons. The molecular weight excluding hydrogens is 286 g/mol. The fourth-order valence-electron chi connectivity index (χ4n) is 3.74. The van der Waals surface area contributed by atoms with Crippen molar-refractivity contribution in [3.8, 4) is 0 Å². The van der Waals surface area contributed by atoms with Gasteiger partial charge in [-0.05, 0) is 43.9 Å². The summed E-state index contributed by atoms with van der Waals surface area (Å²) in [5, 5.41) is 0. The average Bonchev–Trinajstić information content (AvgIpc) is 2.79. The van der Waals surface area contributed by atoms with Crippen molar-refractivity contribution in [3.63, 3.8) is 0 Å². The molecule has 0 aromatic heterocycles. The molecule has 3 heterocycles. The molecule has 3 saturated heterocycles. The van der Waals surface area contributed by atoms with Crippen LogP contribution in [0.2, 0.25) is 0 Å². The summed E-state index contributed by atoms with van der Waals surface area (Å²) in [6.45, 7) is 5.55. The Hall–Kier alpha value is -1.49. The summed E-state index contributed by atoms with van der Waals surface area (Å²) in [6.07, 6.45) is 3.32. The molecule has 1 amide bonds. The van der Waals surface area contributed by atoms with Gasteiger partial charge in [-0.25, -0.2) is 8.78 Å². The molecule has 0 unspecified atom stereocenters. The van der Waals surface area contributed by atoms with Gasteiger partial charge in [-0.3, -0.25) is 9.69 Å². The Kier molecular flexibility index (Phi) is 4.43. The summed E-state index contributed by atoms with van der Waals surface area (Å²) in [6, 6.07) is 3.55. The van der Waals surface area contributed by atoms with Gasteiger partial charge in [0, 0.05) is 31.7 Å². The van der Waals surface area contributed by atoms with Gasteiger partial charge < -0.3 is 4.90 Å². The molecule has 0 spiro atoms. The van der Waals surface area contributed by atoms with Crippen molar-refractivity contribution in [2.75, 3.05) is 26.2 Å². The number of benzene rings is 1. The molecule has 1 aromatic rings. The van der Waals surface area contributed by atoms with Crippen LogP contribution in [0.15, 0.2) is 18.2 Å². The molecular formula is C17H22F2N2O. The number of hydrogen-bond donors (Lipinski definition) is 0. The van der Waals surface area contributed by atoms with Gasteiger partial charge in [0.25, 0.3) is 5.91 Å². The van der Waals surface area contributed by atoms with E-state index in [1.54, 1.807) is 4.90 Å². The van der Waals surface area contributed by atoms with Crippen LogP contribution in [0.25, 0.3) is 0 Å². The van der Waals surface area contributed by atoms with Crippen molar-refractivity contribution >= 4 is 5.91 Å². The molecule has 4 rings (SSSR count). The number of nitrogens with zero attached hydrogens (tertiary/aromatic N) is 2. The average molecular weight is 308 g/mol. The van der Waals surface area contributed by atoms with Crippen LogP contribution in [0.1, 0.15) is 36.5 Å². The smallest absolute Gasteiger partial charge is 0.256 e. The number of carbonyl (C=O) groups is 1. The van der Waals surface area contributed by atoms with E-state index in [0.717, 1.165) is 44.5 Å². The first-order chi connectivity index (χ1) is 10.6. The normalized spacial score (nSPS) is 25.3. The maximum Gasteiger partial charge on any atom is 0.256 e. The lowest BCUT2D eigenvalue weighted by Crippen LogP contribution is -2.44. The zero-order valence-corrected chi connectivity index (χ0v) is 12.9. The summed E-state index contributed by atoms with van der Waals surface area (Å²) in [4.78, 5) is 16.8. The minimum absolute atomic E-state index is 0.0234. The van der Waals surface area contributed by atoms with Crippen LogP contribution >= 0.6 is 0 Å². The highest BCUT2D eigenvalue weighted by Gasteiger charge is 2.36. The van der Waals surface area contributed by atoms with E-state index in [0.29, 0.717) is 25.0 Å². The highest BCUT2D eigenvalue weighted by atomic mass is 19.1. The van der Waals surface area contributed by atoms with Gasteiger partial charge in [-0.1, -0.05) is 6.92 Å². The molecule has 0 N–H and O–H groups in total. The minimum atomic E-state index is -0.771. The molecule has 0 radical (unpaired) electrons. The highest BCUT2D eigenvalue weighted by Crippen LogP contribution is 2.29. The number of hydrogen-bond acceptors (Lipinski definition) is 2. The van der Waals surface area contributed by atoms with Crippen molar-refractivity contribution in [3.05, 3.63) is 35.4 Å².